The molecule has 0 aromatic carbocycles. The van der Waals surface area contributed by atoms with Crippen LogP contribution in [0.25, 0.3) is 16.0 Å². The van der Waals surface area contributed by atoms with Crippen LogP contribution >= 0.6 is 8.53 Å². The fourth-order valence-electron chi connectivity index (χ4n) is 4.82. The van der Waals surface area contributed by atoms with Gasteiger partial charge in [0, 0.05) is 32.1 Å². The van der Waals surface area contributed by atoms with E-state index in [0.717, 1.165) is 0 Å². The second kappa shape index (κ2) is 11.7. The number of hydrogen-bond donors (Lipinski definition) is 1. The Kier molecular flexibility index (Phi) is 8.82. The number of imidazole rings is 1. The van der Waals surface area contributed by atoms with Gasteiger partial charge in [0.05, 0.1) is 25.9 Å². The standard InChI is InChI=1S/C24H37N8O5P/c1-15(2)32(16(3)4)38(35-10-9-25-6)36-12-24-11-34-19(17(24)5)22(37-24)31-14-26-18-20(31)28-23(29-21(18)33)27-13-30(7)8/h13-17,19,22H,9-12H2,1-5,7-8H3,(H,28,29,33)/t17-,19+,22+,24+,38?/m0/s1. The van der Waals surface area contributed by atoms with Crippen molar-refractivity contribution < 1.29 is 18.5 Å². The van der Waals surface area contributed by atoms with Crippen molar-refractivity contribution in [3.63, 3.8) is 0 Å². The summed E-state index contributed by atoms with van der Waals surface area (Å²) in [6.07, 6.45) is 2.31. The fourth-order valence-corrected chi connectivity index (χ4v) is 6.48. The predicted molar refractivity (Wildman–Crippen MR) is 144 cm³/mol. The SMILES string of the molecule is [C-]#[N+]CCOP(OC[C@@]12CO[C@@H]([C@H](n3cnc4c(=O)[nH]c(N=CN(C)C)nc43)O1)[C@@H]2C)N(C(C)C)C(C)C. The van der Waals surface area contributed by atoms with Crippen LogP contribution < -0.4 is 5.56 Å². The van der Waals surface area contributed by atoms with Gasteiger partial charge in [-0.15, -0.1) is 0 Å². The van der Waals surface area contributed by atoms with Crippen molar-refractivity contribution in [3.05, 3.63) is 28.1 Å². The maximum atomic E-state index is 12.6. The van der Waals surface area contributed by atoms with Crippen molar-refractivity contribution in [3.8, 4) is 0 Å². The van der Waals surface area contributed by atoms with Crippen molar-refractivity contribution in [2.24, 2.45) is 10.9 Å². The van der Waals surface area contributed by atoms with Gasteiger partial charge in [-0.1, -0.05) is 6.92 Å². The van der Waals surface area contributed by atoms with Gasteiger partial charge in [-0.3, -0.25) is 14.3 Å². The quantitative estimate of drug-likeness (QED) is 0.140. The van der Waals surface area contributed by atoms with Crippen LogP contribution in [-0.4, -0.2) is 99.7 Å². The molecule has 2 fully saturated rings. The minimum absolute atomic E-state index is 0.00446. The van der Waals surface area contributed by atoms with Gasteiger partial charge in [-0.25, -0.2) is 21.2 Å². The van der Waals surface area contributed by atoms with E-state index in [1.54, 1.807) is 22.1 Å². The molecule has 0 amide bonds. The summed E-state index contributed by atoms with van der Waals surface area (Å²) >= 11 is 0. The third-order valence-corrected chi connectivity index (χ3v) is 8.71. The Morgan fingerprint density at radius 1 is 1.37 bits per heavy atom. The lowest BCUT2D eigenvalue weighted by Crippen LogP contribution is -2.43. The largest absolute Gasteiger partial charge is 0.370 e. The summed E-state index contributed by atoms with van der Waals surface area (Å²) < 4.78 is 29.3. The summed E-state index contributed by atoms with van der Waals surface area (Å²) in [6, 6.07) is 0.388. The average molecular weight is 549 g/mol. The summed E-state index contributed by atoms with van der Waals surface area (Å²) in [5.41, 5.74) is -0.499. The number of nitrogens with one attached hydrogen (secondary N) is 1. The van der Waals surface area contributed by atoms with E-state index < -0.39 is 20.4 Å². The van der Waals surface area contributed by atoms with Gasteiger partial charge >= 0.3 is 0 Å². The maximum absolute atomic E-state index is 12.6. The van der Waals surface area contributed by atoms with Crippen LogP contribution in [0, 0.1) is 12.5 Å². The third kappa shape index (κ3) is 5.61. The first-order valence-corrected chi connectivity index (χ1v) is 13.9. The molecule has 5 atom stereocenters. The highest BCUT2D eigenvalue weighted by Crippen LogP contribution is 2.53. The number of nitrogens with zero attached hydrogens (tertiary/aromatic N) is 7. The summed E-state index contributed by atoms with van der Waals surface area (Å²) in [5, 5.41) is 0. The molecule has 14 heteroatoms. The average Bonchev–Trinajstić information content (AvgIpc) is 3.50. The molecule has 208 valence electrons. The van der Waals surface area contributed by atoms with Crippen LogP contribution in [0.2, 0.25) is 0 Å². The van der Waals surface area contributed by atoms with E-state index in [2.05, 4.69) is 64.1 Å². The number of hydrogen-bond acceptors (Lipinski definition) is 9. The Morgan fingerprint density at radius 2 is 2.11 bits per heavy atom. The second-order valence-electron chi connectivity index (χ2n) is 10.4. The Balaban J connectivity index is 1.58. The van der Waals surface area contributed by atoms with E-state index in [9.17, 15) is 4.79 Å². The molecule has 0 spiro atoms. The topological polar surface area (TPSA) is 124 Å². The maximum Gasteiger partial charge on any atom is 0.280 e. The molecular weight excluding hydrogens is 511 g/mol. The van der Waals surface area contributed by atoms with Crippen LogP contribution in [0.3, 0.4) is 0 Å². The van der Waals surface area contributed by atoms with E-state index in [1.807, 2.05) is 14.1 Å². The van der Waals surface area contributed by atoms with Crippen LogP contribution in [-0.2, 0) is 18.5 Å². The van der Waals surface area contributed by atoms with Gasteiger partial charge in [-0.2, -0.15) is 4.98 Å². The molecule has 0 saturated carbocycles. The highest BCUT2D eigenvalue weighted by molar-refractivity contribution is 7.44. The van der Waals surface area contributed by atoms with Gasteiger partial charge in [0.1, 0.15) is 18.3 Å². The molecule has 1 N–H and O–H groups in total. The molecule has 2 aromatic rings. The number of fused-ring (bicyclic) bond motifs is 3. The molecule has 1 unspecified atom stereocenters. The first-order chi connectivity index (χ1) is 18.1. The number of H-pyrrole nitrogens is 1. The van der Waals surface area contributed by atoms with Gasteiger partial charge < -0.3 is 28.3 Å². The summed E-state index contributed by atoms with van der Waals surface area (Å²) in [5.74, 6) is 0.183. The van der Waals surface area contributed by atoms with E-state index in [-0.39, 0.29) is 54.3 Å². The fraction of sp³-hybridized carbons (Fsp3) is 0.708. The normalized spacial score (nSPS) is 25.9. The molecule has 2 aliphatic rings. The molecule has 2 aliphatic heterocycles. The van der Waals surface area contributed by atoms with Crippen molar-refractivity contribution in [1.82, 2.24) is 29.1 Å². The van der Waals surface area contributed by atoms with E-state index in [0.29, 0.717) is 18.9 Å². The lowest BCUT2D eigenvalue weighted by Gasteiger charge is -2.38. The molecule has 2 bridgehead atoms. The zero-order valence-electron chi connectivity index (χ0n) is 23.0. The first-order valence-electron chi connectivity index (χ1n) is 12.7. The van der Waals surface area contributed by atoms with E-state index in [1.165, 1.54) is 0 Å². The number of rotatable bonds is 12. The van der Waals surface area contributed by atoms with E-state index >= 15 is 0 Å². The van der Waals surface area contributed by atoms with Crippen LogP contribution in [0.4, 0.5) is 5.95 Å². The van der Waals surface area contributed by atoms with Crippen LogP contribution in [0.1, 0.15) is 40.8 Å². The number of aliphatic imine (C=N–C) groups is 1. The first kappa shape index (κ1) is 28.5. The Hall–Kier alpha value is -2.46. The van der Waals surface area contributed by atoms with Crippen molar-refractivity contribution in [1.29, 1.82) is 0 Å². The van der Waals surface area contributed by atoms with Crippen LogP contribution in [0.15, 0.2) is 16.1 Å². The molecule has 2 saturated heterocycles. The molecule has 4 heterocycles. The smallest absolute Gasteiger partial charge is 0.280 e. The zero-order valence-corrected chi connectivity index (χ0v) is 23.9. The Bertz CT molecular complexity index is 1230. The number of ether oxygens (including phenoxy) is 2. The van der Waals surface area contributed by atoms with Crippen molar-refractivity contribution in [2.75, 3.05) is 40.5 Å². The van der Waals surface area contributed by atoms with Crippen LogP contribution in [0.5, 0.6) is 0 Å². The summed E-state index contributed by atoms with van der Waals surface area (Å²) in [4.78, 5) is 33.5. The zero-order chi connectivity index (χ0) is 27.6. The highest BCUT2D eigenvalue weighted by Gasteiger charge is 2.60. The molecule has 0 radical (unpaired) electrons. The lowest BCUT2D eigenvalue weighted by molar-refractivity contribution is -0.181. The monoisotopic (exact) mass is 548 g/mol. The molecule has 2 aromatic heterocycles. The molecular formula is C24H37N8O5P. The molecule has 4 rings (SSSR count). The molecule has 0 aliphatic carbocycles. The lowest BCUT2D eigenvalue weighted by atomic mass is 9.91. The third-order valence-electron chi connectivity index (χ3n) is 6.66. The van der Waals surface area contributed by atoms with E-state index in [4.69, 9.17) is 25.1 Å². The van der Waals surface area contributed by atoms with Gasteiger partial charge in [-0.05, 0) is 27.7 Å². The highest BCUT2D eigenvalue weighted by atomic mass is 31.2. The molecule has 13 nitrogen and oxygen atoms in total. The van der Waals surface area contributed by atoms with Gasteiger partial charge in [0.15, 0.2) is 17.4 Å². The van der Waals surface area contributed by atoms with Gasteiger partial charge in [0.2, 0.25) is 12.5 Å². The summed E-state index contributed by atoms with van der Waals surface area (Å²) in [7, 11) is 2.24. The molecule has 38 heavy (non-hydrogen) atoms. The predicted octanol–water partition coefficient (Wildman–Crippen LogP) is 2.94. The summed E-state index contributed by atoms with van der Waals surface area (Å²) in [6.45, 7) is 18.8. The Labute approximate surface area is 223 Å². The number of aromatic nitrogens is 4. The van der Waals surface area contributed by atoms with Gasteiger partial charge in [0.25, 0.3) is 14.1 Å². The minimum Gasteiger partial charge on any atom is -0.370 e. The Morgan fingerprint density at radius 3 is 2.76 bits per heavy atom. The van der Waals surface area contributed by atoms with Crippen molar-refractivity contribution in [2.45, 2.75) is 64.6 Å². The second-order valence-corrected chi connectivity index (χ2v) is 11.8. The minimum atomic E-state index is -1.42. The van der Waals surface area contributed by atoms with Crippen molar-refractivity contribution >= 4 is 32.0 Å². The number of aromatic amines is 1.